The Morgan fingerprint density at radius 1 is 1.25 bits per heavy atom. The van der Waals surface area contributed by atoms with Crippen molar-refractivity contribution in [3.8, 4) is 0 Å². The summed E-state index contributed by atoms with van der Waals surface area (Å²) >= 11 is 0. The van der Waals surface area contributed by atoms with Gasteiger partial charge in [0.05, 0.1) is 0 Å². The molecule has 2 N–H and O–H groups in total. The molecular weight excluding hydrogens is 194 g/mol. The summed E-state index contributed by atoms with van der Waals surface area (Å²) < 4.78 is 0. The van der Waals surface area contributed by atoms with Crippen LogP contribution in [0.15, 0.2) is 24.3 Å². The largest absolute Gasteiger partial charge is 0.330 e. The molecule has 0 spiro atoms. The Bertz CT molecular complexity index is 404. The predicted octanol–water partition coefficient (Wildman–Crippen LogP) is 3.26. The normalized spacial score (nSPS) is 31.4. The van der Waals surface area contributed by atoms with Crippen molar-refractivity contribution in [1.82, 2.24) is 0 Å². The van der Waals surface area contributed by atoms with Gasteiger partial charge in [0.1, 0.15) is 0 Å². The second kappa shape index (κ2) is 3.33. The lowest BCUT2D eigenvalue weighted by Crippen LogP contribution is -2.05. The van der Waals surface area contributed by atoms with Crippen molar-refractivity contribution in [2.45, 2.75) is 38.5 Å². The third kappa shape index (κ3) is 1.49. The van der Waals surface area contributed by atoms with Crippen LogP contribution >= 0.6 is 0 Å². The Morgan fingerprint density at radius 3 is 2.50 bits per heavy atom. The lowest BCUT2D eigenvalue weighted by atomic mass is 10.00. The molecule has 0 amide bonds. The molecule has 2 aliphatic rings. The first kappa shape index (κ1) is 10.3. The van der Waals surface area contributed by atoms with Crippen LogP contribution in [0.5, 0.6) is 0 Å². The molecule has 0 radical (unpaired) electrons. The van der Waals surface area contributed by atoms with Crippen LogP contribution in [0, 0.1) is 11.3 Å². The minimum absolute atomic E-state index is 0.414. The summed E-state index contributed by atoms with van der Waals surface area (Å²) in [5.41, 5.74) is 9.33. The zero-order chi connectivity index (χ0) is 11.3. The van der Waals surface area contributed by atoms with Gasteiger partial charge in [-0.1, -0.05) is 38.1 Å². The maximum atomic E-state index is 5.85. The zero-order valence-corrected chi connectivity index (χ0v) is 10.2. The van der Waals surface area contributed by atoms with E-state index in [1.165, 1.54) is 18.4 Å². The van der Waals surface area contributed by atoms with Crippen LogP contribution in [0.25, 0.3) is 0 Å². The summed E-state index contributed by atoms with van der Waals surface area (Å²) in [5, 5.41) is 0. The topological polar surface area (TPSA) is 26.0 Å². The lowest BCUT2D eigenvalue weighted by Gasteiger charge is -2.05. The zero-order valence-electron chi connectivity index (χ0n) is 10.2. The van der Waals surface area contributed by atoms with E-state index in [0.717, 1.165) is 12.5 Å². The third-order valence-electron chi connectivity index (χ3n) is 4.62. The van der Waals surface area contributed by atoms with Crippen molar-refractivity contribution < 1.29 is 0 Å². The molecule has 0 saturated heterocycles. The average molecular weight is 215 g/mol. The van der Waals surface area contributed by atoms with Gasteiger partial charge in [-0.3, -0.25) is 0 Å². The fourth-order valence-electron chi connectivity index (χ4n) is 3.27. The molecule has 0 heterocycles. The molecule has 1 aromatic rings. The van der Waals surface area contributed by atoms with Gasteiger partial charge in [-0.2, -0.15) is 0 Å². The van der Waals surface area contributed by atoms with E-state index in [1.54, 1.807) is 5.56 Å². The van der Waals surface area contributed by atoms with E-state index in [9.17, 15) is 0 Å². The molecule has 2 fully saturated rings. The second-order valence-corrected chi connectivity index (χ2v) is 6.09. The Kier molecular flexibility index (Phi) is 2.16. The monoisotopic (exact) mass is 215 g/mol. The molecule has 16 heavy (non-hydrogen) atoms. The van der Waals surface area contributed by atoms with Crippen molar-refractivity contribution in [2.75, 3.05) is 6.54 Å². The SMILES string of the molecule is CC1(C)C(CN)C1c1cccc(C2CC2)c1. The summed E-state index contributed by atoms with van der Waals surface area (Å²) in [6, 6.07) is 9.23. The number of hydrogen-bond acceptors (Lipinski definition) is 1. The number of nitrogens with two attached hydrogens (primary N) is 1. The van der Waals surface area contributed by atoms with Crippen LogP contribution in [0.3, 0.4) is 0 Å². The van der Waals surface area contributed by atoms with Crippen molar-refractivity contribution in [3.05, 3.63) is 35.4 Å². The Balaban J connectivity index is 1.87. The number of hydrogen-bond donors (Lipinski definition) is 1. The van der Waals surface area contributed by atoms with Crippen molar-refractivity contribution in [2.24, 2.45) is 17.1 Å². The summed E-state index contributed by atoms with van der Waals surface area (Å²) in [6.07, 6.45) is 2.77. The highest BCUT2D eigenvalue weighted by Gasteiger charge is 2.57. The number of benzene rings is 1. The Hall–Kier alpha value is -0.820. The highest BCUT2D eigenvalue weighted by atomic mass is 14.7. The van der Waals surface area contributed by atoms with Gasteiger partial charge in [-0.15, -0.1) is 0 Å². The minimum Gasteiger partial charge on any atom is -0.330 e. The first-order chi connectivity index (χ1) is 7.64. The molecule has 2 aliphatic carbocycles. The third-order valence-corrected chi connectivity index (χ3v) is 4.62. The van der Waals surface area contributed by atoms with Gasteiger partial charge in [0.2, 0.25) is 0 Å². The van der Waals surface area contributed by atoms with Crippen LogP contribution < -0.4 is 5.73 Å². The van der Waals surface area contributed by atoms with Crippen molar-refractivity contribution >= 4 is 0 Å². The van der Waals surface area contributed by atoms with Crippen LogP contribution in [0.2, 0.25) is 0 Å². The Labute approximate surface area is 98.0 Å². The van der Waals surface area contributed by atoms with E-state index in [0.29, 0.717) is 17.3 Å². The van der Waals surface area contributed by atoms with E-state index < -0.39 is 0 Å². The summed E-state index contributed by atoms with van der Waals surface area (Å²) in [6.45, 7) is 5.52. The van der Waals surface area contributed by atoms with Crippen molar-refractivity contribution in [3.63, 3.8) is 0 Å². The molecule has 1 heteroatoms. The van der Waals surface area contributed by atoms with E-state index >= 15 is 0 Å². The van der Waals surface area contributed by atoms with Gasteiger partial charge in [0, 0.05) is 0 Å². The molecule has 0 bridgehead atoms. The molecule has 3 rings (SSSR count). The molecular formula is C15H21N. The van der Waals surface area contributed by atoms with Gasteiger partial charge in [-0.25, -0.2) is 0 Å². The molecule has 2 saturated carbocycles. The van der Waals surface area contributed by atoms with Gasteiger partial charge < -0.3 is 5.73 Å². The van der Waals surface area contributed by atoms with E-state index in [2.05, 4.69) is 38.1 Å². The van der Waals surface area contributed by atoms with E-state index in [4.69, 9.17) is 5.73 Å². The fourth-order valence-corrected chi connectivity index (χ4v) is 3.27. The standard InChI is InChI=1S/C15H21N/c1-15(2)13(9-16)14(15)12-5-3-4-11(8-12)10-6-7-10/h3-5,8,10,13-14H,6-7,9,16H2,1-2H3. The maximum absolute atomic E-state index is 5.85. The molecule has 2 atom stereocenters. The molecule has 1 aromatic carbocycles. The Morgan fingerprint density at radius 2 is 1.94 bits per heavy atom. The van der Waals surface area contributed by atoms with Crippen LogP contribution in [-0.4, -0.2) is 6.54 Å². The predicted molar refractivity (Wildman–Crippen MR) is 67.5 cm³/mol. The molecule has 0 aromatic heterocycles. The maximum Gasteiger partial charge on any atom is -0.00375 e. The highest BCUT2D eigenvalue weighted by molar-refractivity contribution is 5.37. The molecule has 2 unspecified atom stereocenters. The lowest BCUT2D eigenvalue weighted by molar-refractivity contribution is 0.558. The summed E-state index contributed by atoms with van der Waals surface area (Å²) in [5.74, 6) is 2.23. The molecule has 0 aliphatic heterocycles. The van der Waals surface area contributed by atoms with Crippen LogP contribution in [0.4, 0.5) is 0 Å². The minimum atomic E-state index is 0.414. The fraction of sp³-hybridized carbons (Fsp3) is 0.600. The molecule has 86 valence electrons. The highest BCUT2D eigenvalue weighted by Crippen LogP contribution is 2.64. The van der Waals surface area contributed by atoms with Crippen LogP contribution in [0.1, 0.15) is 49.7 Å². The summed E-state index contributed by atoms with van der Waals surface area (Å²) in [7, 11) is 0. The molecule has 1 nitrogen and oxygen atoms in total. The first-order valence-electron chi connectivity index (χ1n) is 6.44. The average Bonchev–Trinajstić information content (AvgIpc) is 3.13. The van der Waals surface area contributed by atoms with Gasteiger partial charge in [0.25, 0.3) is 0 Å². The summed E-state index contributed by atoms with van der Waals surface area (Å²) in [4.78, 5) is 0. The van der Waals surface area contributed by atoms with Gasteiger partial charge >= 0.3 is 0 Å². The first-order valence-corrected chi connectivity index (χ1v) is 6.44. The smallest absolute Gasteiger partial charge is 0.00375 e. The second-order valence-electron chi connectivity index (χ2n) is 6.09. The van der Waals surface area contributed by atoms with Gasteiger partial charge in [-0.05, 0) is 53.7 Å². The van der Waals surface area contributed by atoms with E-state index in [1.807, 2.05) is 0 Å². The van der Waals surface area contributed by atoms with Crippen molar-refractivity contribution in [1.29, 1.82) is 0 Å². The number of rotatable bonds is 3. The van der Waals surface area contributed by atoms with Crippen LogP contribution in [-0.2, 0) is 0 Å². The van der Waals surface area contributed by atoms with Gasteiger partial charge in [0.15, 0.2) is 0 Å². The quantitative estimate of drug-likeness (QED) is 0.823. The van der Waals surface area contributed by atoms with E-state index in [-0.39, 0.29) is 0 Å².